The first-order valence-electron chi connectivity index (χ1n) is 9.67. The van der Waals surface area contributed by atoms with Gasteiger partial charge in [-0.3, -0.25) is 4.98 Å². The number of carbonyl (C=O) groups is 1. The molecule has 28 heavy (non-hydrogen) atoms. The van der Waals surface area contributed by atoms with Crippen LogP contribution in [0.1, 0.15) is 41.5 Å². The van der Waals surface area contributed by atoms with Gasteiger partial charge < -0.3 is 4.74 Å². The number of nitrogens with zero attached hydrogens (tertiary/aromatic N) is 1. The van der Waals surface area contributed by atoms with Gasteiger partial charge in [0, 0.05) is 17.5 Å². The number of carbonyl (C=O) groups excluding carboxylic acids is 1. The van der Waals surface area contributed by atoms with Crippen molar-refractivity contribution in [1.82, 2.24) is 4.98 Å². The van der Waals surface area contributed by atoms with Crippen LogP contribution in [0.15, 0.2) is 72.8 Å². The van der Waals surface area contributed by atoms with Crippen LogP contribution < -0.4 is 0 Å². The molecule has 0 amide bonds. The predicted molar refractivity (Wildman–Crippen MR) is 114 cm³/mol. The van der Waals surface area contributed by atoms with Gasteiger partial charge in [-0.15, -0.1) is 0 Å². The van der Waals surface area contributed by atoms with Crippen LogP contribution in [0.3, 0.4) is 0 Å². The molecule has 0 aliphatic heterocycles. The third-order valence-corrected chi connectivity index (χ3v) is 4.97. The SMILES string of the molecule is CC(C)c1nc(CCOC(=O)c2cccc3ccccc23)cc2ccccc12. The zero-order chi connectivity index (χ0) is 19.5. The summed E-state index contributed by atoms with van der Waals surface area (Å²) in [7, 11) is 0. The zero-order valence-electron chi connectivity index (χ0n) is 16.2. The highest BCUT2D eigenvalue weighted by Gasteiger charge is 2.13. The summed E-state index contributed by atoms with van der Waals surface area (Å²) in [6, 6.07) is 23.9. The molecule has 0 unspecified atom stereocenters. The van der Waals surface area contributed by atoms with Gasteiger partial charge in [0.1, 0.15) is 0 Å². The Labute approximate surface area is 165 Å². The van der Waals surface area contributed by atoms with Crippen molar-refractivity contribution in [1.29, 1.82) is 0 Å². The molecule has 0 fully saturated rings. The monoisotopic (exact) mass is 369 g/mol. The molecule has 0 saturated heterocycles. The molecule has 0 atom stereocenters. The molecule has 0 spiro atoms. The van der Waals surface area contributed by atoms with Crippen molar-refractivity contribution in [2.75, 3.05) is 6.61 Å². The molecule has 0 aliphatic carbocycles. The Morgan fingerprint density at radius 3 is 2.36 bits per heavy atom. The van der Waals surface area contributed by atoms with Crippen LogP contribution in [0.2, 0.25) is 0 Å². The van der Waals surface area contributed by atoms with Crippen molar-refractivity contribution >= 4 is 27.5 Å². The van der Waals surface area contributed by atoms with Crippen molar-refractivity contribution in [2.24, 2.45) is 0 Å². The van der Waals surface area contributed by atoms with E-state index in [1.54, 1.807) is 0 Å². The number of ether oxygens (including phenoxy) is 1. The maximum atomic E-state index is 12.6. The molecular formula is C25H23NO2. The topological polar surface area (TPSA) is 39.2 Å². The summed E-state index contributed by atoms with van der Waals surface area (Å²) in [5, 5.41) is 4.32. The van der Waals surface area contributed by atoms with Gasteiger partial charge in [0.25, 0.3) is 0 Å². The molecule has 1 aromatic heterocycles. The molecule has 3 aromatic carbocycles. The van der Waals surface area contributed by atoms with E-state index < -0.39 is 0 Å². The van der Waals surface area contributed by atoms with E-state index in [0.29, 0.717) is 24.5 Å². The minimum Gasteiger partial charge on any atom is -0.462 e. The second-order valence-corrected chi connectivity index (χ2v) is 7.29. The number of benzene rings is 3. The van der Waals surface area contributed by atoms with Crippen molar-refractivity contribution in [3.8, 4) is 0 Å². The number of hydrogen-bond donors (Lipinski definition) is 0. The quantitative estimate of drug-likeness (QED) is 0.410. The highest BCUT2D eigenvalue weighted by molar-refractivity contribution is 6.04. The maximum Gasteiger partial charge on any atom is 0.338 e. The lowest BCUT2D eigenvalue weighted by Gasteiger charge is -2.12. The smallest absolute Gasteiger partial charge is 0.338 e. The van der Waals surface area contributed by atoms with Gasteiger partial charge >= 0.3 is 5.97 Å². The van der Waals surface area contributed by atoms with Gasteiger partial charge in [-0.05, 0) is 34.2 Å². The predicted octanol–water partition coefficient (Wildman–Crippen LogP) is 5.91. The van der Waals surface area contributed by atoms with Crippen molar-refractivity contribution in [2.45, 2.75) is 26.2 Å². The van der Waals surface area contributed by atoms with E-state index >= 15 is 0 Å². The van der Waals surface area contributed by atoms with E-state index in [-0.39, 0.29) is 5.97 Å². The van der Waals surface area contributed by atoms with Gasteiger partial charge in [0.15, 0.2) is 0 Å². The van der Waals surface area contributed by atoms with E-state index in [2.05, 4.69) is 32.0 Å². The van der Waals surface area contributed by atoms with E-state index in [4.69, 9.17) is 9.72 Å². The molecule has 1 heterocycles. The fraction of sp³-hybridized carbons (Fsp3) is 0.200. The lowest BCUT2D eigenvalue weighted by atomic mass is 10.0. The van der Waals surface area contributed by atoms with E-state index in [1.165, 1.54) is 10.8 Å². The molecule has 0 aliphatic rings. The lowest BCUT2D eigenvalue weighted by molar-refractivity contribution is 0.0511. The first kappa shape index (κ1) is 18.2. The number of fused-ring (bicyclic) bond motifs is 2. The molecule has 3 heteroatoms. The minimum atomic E-state index is -0.290. The highest BCUT2D eigenvalue weighted by Crippen LogP contribution is 2.25. The Balaban J connectivity index is 1.51. The Hall–Kier alpha value is -3.20. The average molecular weight is 369 g/mol. The van der Waals surface area contributed by atoms with E-state index in [1.807, 2.05) is 54.6 Å². The fourth-order valence-electron chi connectivity index (χ4n) is 3.58. The first-order valence-corrected chi connectivity index (χ1v) is 9.67. The minimum absolute atomic E-state index is 0.290. The highest BCUT2D eigenvalue weighted by atomic mass is 16.5. The summed E-state index contributed by atoms with van der Waals surface area (Å²) >= 11 is 0. The molecule has 0 N–H and O–H groups in total. The van der Waals surface area contributed by atoms with Crippen molar-refractivity contribution in [3.63, 3.8) is 0 Å². The molecule has 140 valence electrons. The largest absolute Gasteiger partial charge is 0.462 e. The maximum absolute atomic E-state index is 12.6. The van der Waals surface area contributed by atoms with E-state index in [9.17, 15) is 4.79 Å². The Morgan fingerprint density at radius 1 is 0.893 bits per heavy atom. The average Bonchev–Trinajstić information content (AvgIpc) is 2.72. The molecular weight excluding hydrogens is 346 g/mol. The third-order valence-electron chi connectivity index (χ3n) is 4.97. The number of aromatic nitrogens is 1. The summed E-state index contributed by atoms with van der Waals surface area (Å²) in [6.07, 6.45) is 0.598. The van der Waals surface area contributed by atoms with E-state index in [0.717, 1.165) is 22.2 Å². The van der Waals surface area contributed by atoms with Crippen LogP contribution in [0, 0.1) is 0 Å². The van der Waals surface area contributed by atoms with Crippen LogP contribution in [0.5, 0.6) is 0 Å². The van der Waals surface area contributed by atoms with Crippen LogP contribution in [-0.4, -0.2) is 17.6 Å². The Morgan fingerprint density at radius 2 is 1.57 bits per heavy atom. The second kappa shape index (κ2) is 7.81. The second-order valence-electron chi connectivity index (χ2n) is 7.29. The molecule has 4 rings (SSSR count). The number of hydrogen-bond acceptors (Lipinski definition) is 3. The molecule has 4 aromatic rings. The lowest BCUT2D eigenvalue weighted by Crippen LogP contribution is -2.10. The standard InChI is InChI=1S/C25H23NO2/c1-17(2)24-22-12-6-4-9-19(22)16-20(26-24)14-15-28-25(27)23-13-7-10-18-8-3-5-11-21(18)23/h3-13,16-17H,14-15H2,1-2H3. The fourth-order valence-corrected chi connectivity index (χ4v) is 3.58. The molecule has 0 radical (unpaired) electrons. The molecule has 0 saturated carbocycles. The van der Waals surface area contributed by atoms with Crippen LogP contribution in [0.25, 0.3) is 21.5 Å². The molecule has 0 bridgehead atoms. The van der Waals surface area contributed by atoms with Crippen molar-refractivity contribution in [3.05, 3.63) is 89.7 Å². The van der Waals surface area contributed by atoms with Gasteiger partial charge in [0.05, 0.1) is 17.9 Å². The number of rotatable bonds is 5. The van der Waals surface area contributed by atoms with Gasteiger partial charge in [-0.1, -0.05) is 74.5 Å². The summed E-state index contributed by atoms with van der Waals surface area (Å²) in [5.41, 5.74) is 2.65. The number of pyridine rings is 1. The summed E-state index contributed by atoms with van der Waals surface area (Å²) in [6.45, 7) is 4.61. The third kappa shape index (κ3) is 3.61. The summed E-state index contributed by atoms with van der Waals surface area (Å²) in [4.78, 5) is 17.4. The normalized spacial score (nSPS) is 11.2. The van der Waals surface area contributed by atoms with Gasteiger partial charge in [0.2, 0.25) is 0 Å². The van der Waals surface area contributed by atoms with Crippen LogP contribution in [-0.2, 0) is 11.2 Å². The summed E-state index contributed by atoms with van der Waals surface area (Å²) < 4.78 is 5.57. The van der Waals surface area contributed by atoms with Gasteiger partial charge in [-0.25, -0.2) is 4.79 Å². The Bertz CT molecular complexity index is 1140. The number of esters is 1. The molecule has 3 nitrogen and oxygen atoms in total. The Kier molecular flexibility index (Phi) is 5.07. The van der Waals surface area contributed by atoms with Crippen molar-refractivity contribution < 1.29 is 9.53 Å². The summed E-state index contributed by atoms with van der Waals surface area (Å²) in [5.74, 6) is 0.0461. The van der Waals surface area contributed by atoms with Crippen LogP contribution >= 0.6 is 0 Å². The van der Waals surface area contributed by atoms with Crippen LogP contribution in [0.4, 0.5) is 0 Å². The van der Waals surface area contributed by atoms with Gasteiger partial charge in [-0.2, -0.15) is 0 Å². The first-order chi connectivity index (χ1) is 13.6. The zero-order valence-corrected chi connectivity index (χ0v) is 16.2.